The maximum atomic E-state index is 5.73. The molecule has 0 saturated carbocycles. The SMILES string of the molecule is COC(C)(CN)c1c(C)nn(C)c1C. The van der Waals surface area contributed by atoms with E-state index in [1.165, 1.54) is 0 Å². The second-order valence-corrected chi connectivity index (χ2v) is 3.81. The maximum absolute atomic E-state index is 5.73. The number of nitrogens with zero attached hydrogens (tertiary/aromatic N) is 2. The highest BCUT2D eigenvalue weighted by atomic mass is 16.5. The summed E-state index contributed by atoms with van der Waals surface area (Å²) in [6, 6.07) is 0. The summed E-state index contributed by atoms with van der Waals surface area (Å²) in [6.45, 7) is 6.46. The minimum absolute atomic E-state index is 0.428. The normalized spacial score (nSPS) is 15.6. The first-order valence-electron chi connectivity index (χ1n) is 4.72. The van der Waals surface area contributed by atoms with Crippen molar-refractivity contribution in [1.82, 2.24) is 9.78 Å². The van der Waals surface area contributed by atoms with E-state index in [1.807, 2.05) is 32.5 Å². The molecule has 1 heterocycles. The second kappa shape index (κ2) is 3.71. The Bertz CT molecular complexity index is 326. The maximum Gasteiger partial charge on any atom is 0.106 e. The molecule has 1 unspecified atom stereocenters. The Morgan fingerprint density at radius 3 is 2.36 bits per heavy atom. The lowest BCUT2D eigenvalue weighted by atomic mass is 9.94. The molecule has 4 heteroatoms. The van der Waals surface area contributed by atoms with Gasteiger partial charge in [0.1, 0.15) is 5.60 Å². The molecule has 1 aromatic heterocycles. The van der Waals surface area contributed by atoms with Crippen molar-refractivity contribution in [2.24, 2.45) is 12.8 Å². The van der Waals surface area contributed by atoms with Crippen LogP contribution < -0.4 is 5.73 Å². The van der Waals surface area contributed by atoms with Crippen LogP contribution in [0.15, 0.2) is 0 Å². The minimum Gasteiger partial charge on any atom is -0.372 e. The fourth-order valence-electron chi connectivity index (χ4n) is 1.83. The Labute approximate surface area is 85.0 Å². The molecular weight excluding hydrogens is 178 g/mol. The van der Waals surface area contributed by atoms with E-state index in [4.69, 9.17) is 10.5 Å². The van der Waals surface area contributed by atoms with Crippen molar-refractivity contribution in [2.75, 3.05) is 13.7 Å². The summed E-state index contributed by atoms with van der Waals surface area (Å²) >= 11 is 0. The summed E-state index contributed by atoms with van der Waals surface area (Å²) in [6.07, 6.45) is 0. The zero-order valence-electron chi connectivity index (χ0n) is 9.59. The van der Waals surface area contributed by atoms with Gasteiger partial charge in [0, 0.05) is 32.0 Å². The Kier molecular flexibility index (Phi) is 2.97. The standard InChI is InChI=1S/C10H19N3O/c1-7-9(8(2)13(4)12-7)10(3,6-11)14-5/h6,11H2,1-5H3. The fraction of sp³-hybridized carbons (Fsp3) is 0.700. The minimum atomic E-state index is -0.428. The van der Waals surface area contributed by atoms with Crippen LogP contribution in [-0.2, 0) is 17.4 Å². The topological polar surface area (TPSA) is 53.1 Å². The van der Waals surface area contributed by atoms with Gasteiger partial charge in [0.15, 0.2) is 0 Å². The van der Waals surface area contributed by atoms with E-state index >= 15 is 0 Å². The predicted octanol–water partition coefficient (Wildman–Crippen LogP) is 0.857. The zero-order valence-corrected chi connectivity index (χ0v) is 9.59. The molecule has 14 heavy (non-hydrogen) atoms. The Balaban J connectivity index is 3.29. The first-order valence-corrected chi connectivity index (χ1v) is 4.72. The highest BCUT2D eigenvalue weighted by molar-refractivity contribution is 5.31. The van der Waals surface area contributed by atoms with Crippen LogP contribution in [-0.4, -0.2) is 23.4 Å². The Morgan fingerprint density at radius 1 is 1.50 bits per heavy atom. The molecule has 0 radical (unpaired) electrons. The molecule has 0 fully saturated rings. The van der Waals surface area contributed by atoms with Gasteiger partial charge in [-0.2, -0.15) is 5.10 Å². The third-order valence-electron chi connectivity index (χ3n) is 2.88. The lowest BCUT2D eigenvalue weighted by Gasteiger charge is -2.27. The van der Waals surface area contributed by atoms with Crippen molar-refractivity contribution < 1.29 is 4.74 Å². The van der Waals surface area contributed by atoms with Crippen LogP contribution in [0.1, 0.15) is 23.9 Å². The largest absolute Gasteiger partial charge is 0.372 e. The Hall–Kier alpha value is -0.870. The molecule has 1 rings (SSSR count). The van der Waals surface area contributed by atoms with Gasteiger partial charge in [0.2, 0.25) is 0 Å². The van der Waals surface area contributed by atoms with Gasteiger partial charge in [-0.3, -0.25) is 4.68 Å². The van der Waals surface area contributed by atoms with Gasteiger partial charge in [-0.1, -0.05) is 0 Å². The van der Waals surface area contributed by atoms with Crippen LogP contribution >= 0.6 is 0 Å². The highest BCUT2D eigenvalue weighted by Gasteiger charge is 2.30. The fourth-order valence-corrected chi connectivity index (χ4v) is 1.83. The average molecular weight is 197 g/mol. The van der Waals surface area contributed by atoms with E-state index in [0.29, 0.717) is 6.54 Å². The summed E-state index contributed by atoms with van der Waals surface area (Å²) in [5, 5.41) is 4.35. The highest BCUT2D eigenvalue weighted by Crippen LogP contribution is 2.28. The van der Waals surface area contributed by atoms with E-state index in [2.05, 4.69) is 5.10 Å². The molecule has 0 saturated heterocycles. The van der Waals surface area contributed by atoms with Crippen molar-refractivity contribution in [2.45, 2.75) is 26.4 Å². The van der Waals surface area contributed by atoms with Gasteiger partial charge >= 0.3 is 0 Å². The van der Waals surface area contributed by atoms with Crippen molar-refractivity contribution in [1.29, 1.82) is 0 Å². The van der Waals surface area contributed by atoms with Gasteiger partial charge < -0.3 is 10.5 Å². The number of hydrogen-bond donors (Lipinski definition) is 1. The van der Waals surface area contributed by atoms with E-state index in [9.17, 15) is 0 Å². The third kappa shape index (κ3) is 1.55. The van der Waals surface area contributed by atoms with Gasteiger partial charge in [-0.05, 0) is 20.8 Å². The quantitative estimate of drug-likeness (QED) is 0.781. The summed E-state index contributed by atoms with van der Waals surface area (Å²) in [5.74, 6) is 0. The molecular formula is C10H19N3O. The number of methoxy groups -OCH3 is 1. The first-order chi connectivity index (χ1) is 6.46. The molecule has 2 N–H and O–H groups in total. The Morgan fingerprint density at radius 2 is 2.07 bits per heavy atom. The molecule has 0 aliphatic rings. The van der Waals surface area contributed by atoms with Crippen LogP contribution in [0.3, 0.4) is 0 Å². The lowest BCUT2D eigenvalue weighted by Crippen LogP contribution is -2.34. The van der Waals surface area contributed by atoms with Gasteiger partial charge in [-0.25, -0.2) is 0 Å². The molecule has 80 valence electrons. The van der Waals surface area contributed by atoms with Gasteiger partial charge in [-0.15, -0.1) is 0 Å². The first kappa shape index (κ1) is 11.2. The average Bonchev–Trinajstić information content (AvgIpc) is 2.41. The molecule has 0 spiro atoms. The van der Waals surface area contributed by atoms with E-state index < -0.39 is 5.60 Å². The number of hydrogen-bond acceptors (Lipinski definition) is 3. The summed E-state index contributed by atoms with van der Waals surface area (Å²) in [4.78, 5) is 0. The van der Waals surface area contributed by atoms with Crippen LogP contribution in [0, 0.1) is 13.8 Å². The van der Waals surface area contributed by atoms with Gasteiger partial charge in [0.25, 0.3) is 0 Å². The molecule has 1 atom stereocenters. The summed E-state index contributed by atoms with van der Waals surface area (Å²) in [5.41, 5.74) is 8.50. The predicted molar refractivity (Wildman–Crippen MR) is 56.1 cm³/mol. The van der Waals surface area contributed by atoms with E-state index in [0.717, 1.165) is 17.0 Å². The molecule has 0 aliphatic heterocycles. The zero-order chi connectivity index (χ0) is 10.9. The molecule has 4 nitrogen and oxygen atoms in total. The molecule has 0 aliphatic carbocycles. The van der Waals surface area contributed by atoms with Crippen molar-refractivity contribution in [3.05, 3.63) is 17.0 Å². The van der Waals surface area contributed by atoms with Crippen molar-refractivity contribution >= 4 is 0 Å². The van der Waals surface area contributed by atoms with E-state index in [-0.39, 0.29) is 0 Å². The monoisotopic (exact) mass is 197 g/mol. The summed E-state index contributed by atoms with van der Waals surface area (Å²) < 4.78 is 7.33. The molecule has 0 bridgehead atoms. The van der Waals surface area contributed by atoms with E-state index in [1.54, 1.807) is 7.11 Å². The molecule has 0 amide bonds. The number of aryl methyl sites for hydroxylation is 2. The second-order valence-electron chi connectivity index (χ2n) is 3.81. The number of aromatic nitrogens is 2. The number of nitrogens with two attached hydrogens (primary N) is 1. The smallest absolute Gasteiger partial charge is 0.106 e. The van der Waals surface area contributed by atoms with Crippen LogP contribution in [0.2, 0.25) is 0 Å². The van der Waals surface area contributed by atoms with Crippen LogP contribution in [0.4, 0.5) is 0 Å². The third-order valence-corrected chi connectivity index (χ3v) is 2.88. The number of rotatable bonds is 3. The molecule has 1 aromatic rings. The van der Waals surface area contributed by atoms with Crippen molar-refractivity contribution in [3.8, 4) is 0 Å². The van der Waals surface area contributed by atoms with Crippen LogP contribution in [0.5, 0.6) is 0 Å². The van der Waals surface area contributed by atoms with Crippen LogP contribution in [0.25, 0.3) is 0 Å². The lowest BCUT2D eigenvalue weighted by molar-refractivity contribution is 0.00898. The number of ether oxygens (including phenoxy) is 1. The van der Waals surface area contributed by atoms with Crippen molar-refractivity contribution in [3.63, 3.8) is 0 Å². The van der Waals surface area contributed by atoms with Gasteiger partial charge in [0.05, 0.1) is 5.69 Å². The molecule has 0 aromatic carbocycles. The summed E-state index contributed by atoms with van der Waals surface area (Å²) in [7, 11) is 3.61.